The maximum atomic E-state index is 12.3. The number of ketones is 1. The molecule has 2 aromatic rings. The average Bonchev–Trinajstić information content (AvgIpc) is 2.86. The lowest BCUT2D eigenvalue weighted by Crippen LogP contribution is -2.09. The maximum absolute atomic E-state index is 12.3. The molecule has 1 saturated carbocycles. The number of hydrogen-bond acceptors (Lipinski definition) is 3. The summed E-state index contributed by atoms with van der Waals surface area (Å²) in [5.74, 6) is 0.670. The van der Waals surface area contributed by atoms with Gasteiger partial charge in [-0.05, 0) is 24.3 Å². The minimum atomic E-state index is -0.0269. The van der Waals surface area contributed by atoms with Crippen LogP contribution in [-0.4, -0.2) is 21.9 Å². The second-order valence-corrected chi connectivity index (χ2v) is 5.36. The Labute approximate surface area is 118 Å². The molecule has 104 valence electrons. The van der Waals surface area contributed by atoms with Gasteiger partial charge in [-0.2, -0.15) is 0 Å². The van der Waals surface area contributed by atoms with E-state index in [-0.39, 0.29) is 5.78 Å². The Morgan fingerprint density at radius 3 is 2.65 bits per heavy atom. The predicted octanol–water partition coefficient (Wildman–Crippen LogP) is 2.34. The topological polar surface area (TPSA) is 60.9 Å². The second-order valence-electron chi connectivity index (χ2n) is 5.36. The Hall–Kier alpha value is -1.94. The van der Waals surface area contributed by atoms with Crippen LogP contribution in [-0.2, 0) is 6.54 Å². The molecule has 1 heterocycles. The summed E-state index contributed by atoms with van der Waals surface area (Å²) in [6.45, 7) is 1.22. The Balaban J connectivity index is 1.75. The van der Waals surface area contributed by atoms with Crippen LogP contribution < -0.4 is 5.73 Å². The number of rotatable bonds is 5. The van der Waals surface area contributed by atoms with Crippen molar-refractivity contribution in [3.63, 3.8) is 0 Å². The first kappa shape index (κ1) is 13.1. The van der Waals surface area contributed by atoms with Crippen LogP contribution in [0.25, 0.3) is 0 Å². The largest absolute Gasteiger partial charge is 0.335 e. The lowest BCUT2D eigenvalue weighted by molar-refractivity contribution is 0.103. The van der Waals surface area contributed by atoms with Crippen molar-refractivity contribution < 1.29 is 4.79 Å². The van der Waals surface area contributed by atoms with Gasteiger partial charge in [0.1, 0.15) is 5.69 Å². The summed E-state index contributed by atoms with van der Waals surface area (Å²) >= 11 is 0. The van der Waals surface area contributed by atoms with Crippen LogP contribution in [0.1, 0.15) is 46.8 Å². The molecule has 3 rings (SSSR count). The molecule has 2 N–H and O–H groups in total. The average molecular weight is 269 g/mol. The zero-order valence-corrected chi connectivity index (χ0v) is 11.5. The Morgan fingerprint density at radius 2 is 2.05 bits per heavy atom. The van der Waals surface area contributed by atoms with Gasteiger partial charge in [0.05, 0.1) is 6.33 Å². The molecule has 0 spiro atoms. The van der Waals surface area contributed by atoms with Gasteiger partial charge >= 0.3 is 0 Å². The lowest BCUT2D eigenvalue weighted by atomic mass is 9.80. The van der Waals surface area contributed by atoms with Crippen molar-refractivity contribution in [2.45, 2.75) is 31.7 Å². The van der Waals surface area contributed by atoms with Gasteiger partial charge in [-0.25, -0.2) is 4.98 Å². The highest BCUT2D eigenvalue weighted by molar-refractivity contribution is 6.07. The van der Waals surface area contributed by atoms with E-state index in [0.29, 0.717) is 30.3 Å². The molecule has 0 saturated heterocycles. The first-order chi connectivity index (χ1) is 9.78. The Bertz CT molecular complexity index is 596. The van der Waals surface area contributed by atoms with E-state index in [1.54, 1.807) is 12.5 Å². The summed E-state index contributed by atoms with van der Waals surface area (Å²) < 4.78 is 1.84. The van der Waals surface area contributed by atoms with Crippen LogP contribution in [0, 0.1) is 0 Å². The van der Waals surface area contributed by atoms with E-state index < -0.39 is 0 Å². The van der Waals surface area contributed by atoms with Crippen LogP contribution in [0.3, 0.4) is 0 Å². The SMILES string of the molecule is NCCn1cnc(C(=O)c2ccc(C3CCC3)cc2)c1. The molecule has 1 aliphatic rings. The maximum Gasteiger partial charge on any atom is 0.212 e. The number of carbonyl (C=O) groups excluding carboxylic acids is 1. The third-order valence-corrected chi connectivity index (χ3v) is 4.00. The van der Waals surface area contributed by atoms with Crippen LogP contribution >= 0.6 is 0 Å². The van der Waals surface area contributed by atoms with Gasteiger partial charge in [0.2, 0.25) is 5.78 Å². The number of carbonyl (C=O) groups is 1. The van der Waals surface area contributed by atoms with Gasteiger partial charge in [-0.3, -0.25) is 4.79 Å². The van der Waals surface area contributed by atoms with Crippen LogP contribution in [0.4, 0.5) is 0 Å². The van der Waals surface area contributed by atoms with E-state index >= 15 is 0 Å². The quantitative estimate of drug-likeness (QED) is 0.847. The highest BCUT2D eigenvalue weighted by Crippen LogP contribution is 2.36. The fourth-order valence-corrected chi connectivity index (χ4v) is 2.54. The van der Waals surface area contributed by atoms with Crippen molar-refractivity contribution in [2.75, 3.05) is 6.54 Å². The van der Waals surface area contributed by atoms with E-state index in [9.17, 15) is 4.79 Å². The summed E-state index contributed by atoms with van der Waals surface area (Å²) in [7, 11) is 0. The van der Waals surface area contributed by atoms with Gasteiger partial charge in [0.25, 0.3) is 0 Å². The summed E-state index contributed by atoms with van der Waals surface area (Å²) in [6.07, 6.45) is 7.29. The van der Waals surface area contributed by atoms with Gasteiger partial charge in [-0.15, -0.1) is 0 Å². The number of benzene rings is 1. The van der Waals surface area contributed by atoms with Gasteiger partial charge in [0.15, 0.2) is 0 Å². The van der Waals surface area contributed by atoms with E-state index in [1.165, 1.54) is 24.8 Å². The molecule has 0 aliphatic heterocycles. The minimum absolute atomic E-state index is 0.0269. The molecule has 1 aliphatic carbocycles. The number of nitrogens with two attached hydrogens (primary N) is 1. The van der Waals surface area contributed by atoms with E-state index in [4.69, 9.17) is 5.73 Å². The minimum Gasteiger partial charge on any atom is -0.335 e. The van der Waals surface area contributed by atoms with E-state index in [1.807, 2.05) is 16.7 Å². The van der Waals surface area contributed by atoms with Crippen molar-refractivity contribution in [1.29, 1.82) is 0 Å². The highest BCUT2D eigenvalue weighted by atomic mass is 16.1. The first-order valence-electron chi connectivity index (χ1n) is 7.14. The van der Waals surface area contributed by atoms with Crippen molar-refractivity contribution >= 4 is 5.78 Å². The van der Waals surface area contributed by atoms with Crippen LogP contribution in [0.15, 0.2) is 36.8 Å². The smallest absolute Gasteiger partial charge is 0.212 e. The summed E-state index contributed by atoms with van der Waals surface area (Å²) in [6, 6.07) is 7.98. The molecule has 0 bridgehead atoms. The predicted molar refractivity (Wildman–Crippen MR) is 77.7 cm³/mol. The highest BCUT2D eigenvalue weighted by Gasteiger charge is 2.20. The van der Waals surface area contributed by atoms with Crippen LogP contribution in [0.5, 0.6) is 0 Å². The van der Waals surface area contributed by atoms with Crippen LogP contribution in [0.2, 0.25) is 0 Å². The first-order valence-corrected chi connectivity index (χ1v) is 7.14. The van der Waals surface area contributed by atoms with Gasteiger partial charge in [0, 0.05) is 24.8 Å². The summed E-state index contributed by atoms with van der Waals surface area (Å²) in [4.78, 5) is 16.5. The third-order valence-electron chi connectivity index (χ3n) is 4.00. The standard InChI is InChI=1S/C16H19N3O/c17-8-9-19-10-15(18-11-19)16(20)14-6-4-13(5-7-14)12-2-1-3-12/h4-7,10-12H,1-3,8-9,17H2. The fourth-order valence-electron chi connectivity index (χ4n) is 2.54. The molecule has 0 amide bonds. The molecule has 0 unspecified atom stereocenters. The molecular formula is C16H19N3O. The normalized spacial score (nSPS) is 15.1. The third kappa shape index (κ3) is 2.51. The van der Waals surface area contributed by atoms with Crippen molar-refractivity contribution in [1.82, 2.24) is 9.55 Å². The molecule has 20 heavy (non-hydrogen) atoms. The molecule has 4 nitrogen and oxygen atoms in total. The molecule has 4 heteroatoms. The van der Waals surface area contributed by atoms with Crippen molar-refractivity contribution in [3.8, 4) is 0 Å². The summed E-state index contributed by atoms with van der Waals surface area (Å²) in [5.41, 5.74) is 8.02. The van der Waals surface area contributed by atoms with Gasteiger partial charge in [-0.1, -0.05) is 30.7 Å². The number of imidazole rings is 1. The summed E-state index contributed by atoms with van der Waals surface area (Å²) in [5, 5.41) is 0. The molecule has 1 aromatic carbocycles. The van der Waals surface area contributed by atoms with Crippen molar-refractivity contribution in [3.05, 3.63) is 53.6 Å². The van der Waals surface area contributed by atoms with E-state index in [0.717, 1.165) is 0 Å². The monoisotopic (exact) mass is 269 g/mol. The molecule has 1 fully saturated rings. The van der Waals surface area contributed by atoms with E-state index in [2.05, 4.69) is 17.1 Å². The molecule has 1 aromatic heterocycles. The molecular weight excluding hydrogens is 250 g/mol. The lowest BCUT2D eigenvalue weighted by Gasteiger charge is -2.25. The number of hydrogen-bond donors (Lipinski definition) is 1. The molecule has 0 radical (unpaired) electrons. The van der Waals surface area contributed by atoms with Crippen molar-refractivity contribution in [2.24, 2.45) is 5.73 Å². The molecule has 0 atom stereocenters. The number of nitrogens with zero attached hydrogens (tertiary/aromatic N) is 2. The zero-order chi connectivity index (χ0) is 13.9. The number of aromatic nitrogens is 2. The second kappa shape index (κ2) is 5.59. The zero-order valence-electron chi connectivity index (χ0n) is 11.5. The van der Waals surface area contributed by atoms with Gasteiger partial charge < -0.3 is 10.3 Å². The Morgan fingerprint density at radius 1 is 1.30 bits per heavy atom. The Kier molecular flexibility index (Phi) is 3.65. The fraction of sp³-hybridized carbons (Fsp3) is 0.375.